The highest BCUT2D eigenvalue weighted by atomic mass is 16.4. The molecule has 4 heteroatoms. The average Bonchev–Trinajstić information content (AvgIpc) is 3.48. The van der Waals surface area contributed by atoms with E-state index in [0.29, 0.717) is 34.8 Å². The van der Waals surface area contributed by atoms with Crippen molar-refractivity contribution in [2.45, 2.75) is 178 Å². The van der Waals surface area contributed by atoms with E-state index in [1.807, 2.05) is 0 Å². The molecule has 0 aliphatic heterocycles. The molecular formula is C44H62O4. The summed E-state index contributed by atoms with van der Waals surface area (Å²) < 4.78 is 0. The third kappa shape index (κ3) is 8.56. The van der Waals surface area contributed by atoms with E-state index in [2.05, 4.69) is 36.4 Å². The molecule has 2 N–H and O–H groups in total. The van der Waals surface area contributed by atoms with Crippen molar-refractivity contribution in [2.75, 3.05) is 0 Å². The lowest BCUT2D eigenvalue weighted by molar-refractivity contribution is 0.0682. The van der Waals surface area contributed by atoms with Crippen LogP contribution in [0, 0.1) is 11.8 Å². The van der Waals surface area contributed by atoms with Crippen molar-refractivity contribution in [1.29, 1.82) is 0 Å². The maximum atomic E-state index is 12.8. The van der Waals surface area contributed by atoms with Gasteiger partial charge in [-0.1, -0.05) is 133 Å². The van der Waals surface area contributed by atoms with Crippen molar-refractivity contribution in [3.63, 3.8) is 0 Å². The molecule has 2 aromatic rings. The second kappa shape index (κ2) is 17.3. The lowest BCUT2D eigenvalue weighted by Crippen LogP contribution is -2.19. The summed E-state index contributed by atoms with van der Waals surface area (Å²) in [5, 5.41) is 21.0. The molecule has 6 rings (SSSR count). The molecule has 0 heterocycles. The van der Waals surface area contributed by atoms with Crippen LogP contribution in [-0.2, 0) is 0 Å². The van der Waals surface area contributed by atoms with Crippen LogP contribution in [-0.4, -0.2) is 22.2 Å². The van der Waals surface area contributed by atoms with Gasteiger partial charge in [0.2, 0.25) is 0 Å². The van der Waals surface area contributed by atoms with E-state index < -0.39 is 11.9 Å². The van der Waals surface area contributed by atoms with Crippen LogP contribution >= 0.6 is 0 Å². The molecule has 0 amide bonds. The number of hydrogen-bond donors (Lipinski definition) is 2. The lowest BCUT2D eigenvalue weighted by Gasteiger charge is -2.31. The molecule has 4 aliphatic rings. The van der Waals surface area contributed by atoms with Gasteiger partial charge in [0.1, 0.15) is 0 Å². The number of benzene rings is 2. The molecule has 2 aromatic carbocycles. The summed E-state index contributed by atoms with van der Waals surface area (Å²) in [4.78, 5) is 25.6. The molecule has 4 aliphatic carbocycles. The number of aromatic carboxylic acids is 2. The predicted molar refractivity (Wildman–Crippen MR) is 196 cm³/mol. The van der Waals surface area contributed by atoms with E-state index in [-0.39, 0.29) is 0 Å². The highest BCUT2D eigenvalue weighted by molar-refractivity contribution is 5.92. The van der Waals surface area contributed by atoms with Crippen LogP contribution in [0.4, 0.5) is 0 Å². The zero-order valence-electron chi connectivity index (χ0n) is 29.6. The summed E-state index contributed by atoms with van der Waals surface area (Å²) in [7, 11) is 0. The van der Waals surface area contributed by atoms with Crippen LogP contribution < -0.4 is 0 Å². The minimum atomic E-state index is -0.721. The van der Waals surface area contributed by atoms with Gasteiger partial charge < -0.3 is 10.2 Å². The summed E-state index contributed by atoms with van der Waals surface area (Å²) in [5.74, 6) is 1.50. The SMILES string of the molecule is O=C(O)c1c(C2CCCCCCC2)cccc1C1CCCC(C2CCCC(c3cccc(C4CCCCCC4)c3C(=O)O)CC2)CCC1. The van der Waals surface area contributed by atoms with Crippen LogP contribution in [0.3, 0.4) is 0 Å². The maximum absolute atomic E-state index is 12.8. The molecule has 0 bridgehead atoms. The van der Waals surface area contributed by atoms with Crippen LogP contribution in [0.2, 0.25) is 0 Å². The summed E-state index contributed by atoms with van der Waals surface area (Å²) in [6.45, 7) is 0. The summed E-state index contributed by atoms with van der Waals surface area (Å²) in [5.41, 5.74) is 5.73. The standard InChI is InChI=1S/C44H62O4/c45-43(46)41-37(33-15-6-2-1-3-7-16-33)25-13-27-39(41)35-22-10-19-31(20-11-23-35)32-21-12-24-36(30-29-32)40-28-14-26-38(42(40)44(47)48)34-17-8-4-5-9-18-34/h13-14,25-28,31-36H,1-12,15-24,29-30H2,(H,45,46)(H,47,48). The first-order valence-electron chi connectivity index (χ1n) is 20.2. The molecule has 0 spiro atoms. The summed E-state index contributed by atoms with van der Waals surface area (Å²) in [6, 6.07) is 12.8. The molecule has 48 heavy (non-hydrogen) atoms. The number of carboxylic acid groups (broad SMARTS) is 2. The summed E-state index contributed by atoms with van der Waals surface area (Å²) >= 11 is 0. The van der Waals surface area contributed by atoms with E-state index >= 15 is 0 Å². The Kier molecular flexibility index (Phi) is 12.7. The number of hydrogen-bond acceptors (Lipinski definition) is 2. The van der Waals surface area contributed by atoms with Crippen molar-refractivity contribution in [3.8, 4) is 0 Å². The van der Waals surface area contributed by atoms with Crippen molar-refractivity contribution in [2.24, 2.45) is 11.8 Å². The van der Waals surface area contributed by atoms with Crippen LogP contribution in [0.5, 0.6) is 0 Å². The monoisotopic (exact) mass is 654 g/mol. The van der Waals surface area contributed by atoms with E-state index in [0.717, 1.165) is 85.5 Å². The maximum Gasteiger partial charge on any atom is 0.336 e. The normalized spacial score (nSPS) is 27.4. The molecule has 2 unspecified atom stereocenters. The Morgan fingerprint density at radius 2 is 0.667 bits per heavy atom. The Hall–Kier alpha value is -2.62. The van der Waals surface area contributed by atoms with Gasteiger partial charge in [-0.05, 0) is 116 Å². The third-order valence-corrected chi connectivity index (χ3v) is 13.3. The fourth-order valence-corrected chi connectivity index (χ4v) is 10.8. The predicted octanol–water partition coefficient (Wildman–Crippen LogP) is 12.8. The van der Waals surface area contributed by atoms with Gasteiger partial charge in [0, 0.05) is 0 Å². The Morgan fingerprint density at radius 3 is 1.02 bits per heavy atom. The van der Waals surface area contributed by atoms with Crippen LogP contribution in [0.15, 0.2) is 36.4 Å². The first kappa shape index (κ1) is 35.2. The van der Waals surface area contributed by atoms with Crippen molar-refractivity contribution >= 4 is 11.9 Å². The van der Waals surface area contributed by atoms with Gasteiger partial charge >= 0.3 is 11.9 Å². The number of carboxylic acids is 2. The minimum absolute atomic E-state index is 0.347. The van der Waals surface area contributed by atoms with Gasteiger partial charge in [0.15, 0.2) is 0 Å². The van der Waals surface area contributed by atoms with Gasteiger partial charge in [-0.25, -0.2) is 9.59 Å². The highest BCUT2D eigenvalue weighted by Crippen LogP contribution is 2.45. The molecule has 0 aromatic heterocycles. The zero-order chi connectivity index (χ0) is 33.3. The van der Waals surface area contributed by atoms with Gasteiger partial charge in [-0.3, -0.25) is 0 Å². The molecule has 4 fully saturated rings. The Bertz CT molecular complexity index is 1340. The van der Waals surface area contributed by atoms with Crippen molar-refractivity contribution in [1.82, 2.24) is 0 Å². The third-order valence-electron chi connectivity index (χ3n) is 13.3. The molecule has 4 nitrogen and oxygen atoms in total. The van der Waals surface area contributed by atoms with Gasteiger partial charge in [-0.2, -0.15) is 0 Å². The van der Waals surface area contributed by atoms with E-state index in [9.17, 15) is 19.8 Å². The Morgan fingerprint density at radius 1 is 0.375 bits per heavy atom. The first-order valence-corrected chi connectivity index (χ1v) is 20.2. The average molecular weight is 655 g/mol. The smallest absolute Gasteiger partial charge is 0.336 e. The minimum Gasteiger partial charge on any atom is -0.478 e. The second-order valence-corrected chi connectivity index (χ2v) is 16.2. The van der Waals surface area contributed by atoms with E-state index in [4.69, 9.17) is 0 Å². The largest absolute Gasteiger partial charge is 0.478 e. The number of carbonyl (C=O) groups is 2. The topological polar surface area (TPSA) is 74.6 Å². The molecule has 2 atom stereocenters. The molecule has 0 saturated heterocycles. The van der Waals surface area contributed by atoms with Gasteiger partial charge in [0.05, 0.1) is 11.1 Å². The van der Waals surface area contributed by atoms with Crippen molar-refractivity contribution < 1.29 is 19.8 Å². The highest BCUT2D eigenvalue weighted by Gasteiger charge is 2.32. The quantitative estimate of drug-likeness (QED) is 0.291. The molecule has 262 valence electrons. The summed E-state index contributed by atoms with van der Waals surface area (Å²) in [6.07, 6.45) is 28.7. The van der Waals surface area contributed by atoms with E-state index in [1.54, 1.807) is 0 Å². The van der Waals surface area contributed by atoms with Gasteiger partial charge in [0.25, 0.3) is 0 Å². The van der Waals surface area contributed by atoms with Crippen molar-refractivity contribution in [3.05, 3.63) is 69.8 Å². The fraction of sp³-hybridized carbons (Fsp3) is 0.682. The van der Waals surface area contributed by atoms with Crippen LogP contribution in [0.1, 0.15) is 221 Å². The molecule has 4 saturated carbocycles. The fourth-order valence-electron chi connectivity index (χ4n) is 10.8. The van der Waals surface area contributed by atoms with Crippen LogP contribution in [0.25, 0.3) is 0 Å². The lowest BCUT2D eigenvalue weighted by atomic mass is 9.74. The molecular weight excluding hydrogens is 592 g/mol. The van der Waals surface area contributed by atoms with E-state index in [1.165, 1.54) is 103 Å². The zero-order valence-corrected chi connectivity index (χ0v) is 29.6. The number of rotatable bonds is 7. The van der Waals surface area contributed by atoms with Gasteiger partial charge in [-0.15, -0.1) is 0 Å². The molecule has 0 radical (unpaired) electrons. The first-order chi connectivity index (χ1) is 23.5. The Labute approximate surface area is 290 Å². The second-order valence-electron chi connectivity index (χ2n) is 16.2. The Balaban J connectivity index is 1.10.